The third-order valence-corrected chi connectivity index (χ3v) is 6.43. The Morgan fingerprint density at radius 3 is 2.38 bits per heavy atom. The van der Waals surface area contributed by atoms with Crippen LogP contribution in [0.15, 0.2) is 0 Å². The summed E-state index contributed by atoms with van der Waals surface area (Å²) in [5, 5.41) is 6.95. The molecule has 0 aromatic heterocycles. The predicted octanol–water partition coefficient (Wildman–Crippen LogP) is 2.85. The predicted molar refractivity (Wildman–Crippen MR) is 83.9 cm³/mol. The summed E-state index contributed by atoms with van der Waals surface area (Å²) in [4.78, 5) is 12.5. The zero-order valence-corrected chi connectivity index (χ0v) is 13.2. The molecule has 0 radical (unpaired) electrons. The molecule has 2 N–H and O–H groups in total. The number of amides is 1. The van der Waals surface area contributed by atoms with Crippen molar-refractivity contribution in [1.29, 1.82) is 0 Å². The van der Waals surface area contributed by atoms with E-state index in [1.165, 1.54) is 57.8 Å². The van der Waals surface area contributed by atoms with E-state index in [1.807, 2.05) is 0 Å². The number of carbonyl (C=O) groups excluding carboxylic acids is 1. The van der Waals surface area contributed by atoms with Crippen LogP contribution in [0.4, 0.5) is 0 Å². The molecule has 0 bridgehead atoms. The molecule has 1 amide bonds. The van der Waals surface area contributed by atoms with Crippen molar-refractivity contribution in [2.75, 3.05) is 6.54 Å². The van der Waals surface area contributed by atoms with E-state index in [1.54, 1.807) is 0 Å². The molecule has 3 saturated carbocycles. The number of nitrogens with one attached hydrogen (secondary N) is 2. The Bertz CT molecular complexity index is 377. The molecule has 4 rings (SSSR count). The average Bonchev–Trinajstić information content (AvgIpc) is 3.39. The van der Waals surface area contributed by atoms with Crippen LogP contribution >= 0.6 is 0 Å². The second kappa shape index (κ2) is 5.91. The summed E-state index contributed by atoms with van der Waals surface area (Å²) in [6.07, 6.45) is 13.3. The van der Waals surface area contributed by atoms with E-state index in [2.05, 4.69) is 10.6 Å². The summed E-state index contributed by atoms with van der Waals surface area (Å²) < 4.78 is 0. The molecule has 3 atom stereocenters. The van der Waals surface area contributed by atoms with E-state index in [9.17, 15) is 4.79 Å². The largest absolute Gasteiger partial charge is 0.354 e. The van der Waals surface area contributed by atoms with Gasteiger partial charge in [-0.25, -0.2) is 0 Å². The standard InChI is InChI=1S/C18H30N2O/c21-18(19-11-15(12-5-6-12)13-7-8-13)17-10-9-14-3-1-2-4-16(14)20-17/h12-17,20H,1-11H2,(H,19,21). The highest BCUT2D eigenvalue weighted by atomic mass is 16.2. The molecule has 0 aromatic rings. The fraction of sp³-hybridized carbons (Fsp3) is 0.944. The number of fused-ring (bicyclic) bond motifs is 1. The van der Waals surface area contributed by atoms with Crippen molar-refractivity contribution in [3.05, 3.63) is 0 Å². The molecule has 1 aliphatic heterocycles. The highest BCUT2D eigenvalue weighted by molar-refractivity contribution is 5.81. The van der Waals surface area contributed by atoms with Gasteiger partial charge in [0.2, 0.25) is 5.91 Å². The molecule has 3 heteroatoms. The minimum atomic E-state index is 0.0865. The first-order valence-corrected chi connectivity index (χ1v) is 9.35. The van der Waals surface area contributed by atoms with Gasteiger partial charge in [-0.2, -0.15) is 0 Å². The minimum absolute atomic E-state index is 0.0865. The molecular formula is C18H30N2O. The maximum atomic E-state index is 12.5. The molecule has 21 heavy (non-hydrogen) atoms. The summed E-state index contributed by atoms with van der Waals surface area (Å²) in [5.41, 5.74) is 0. The van der Waals surface area contributed by atoms with Gasteiger partial charge in [0.15, 0.2) is 0 Å². The Morgan fingerprint density at radius 2 is 1.67 bits per heavy atom. The van der Waals surface area contributed by atoms with Crippen LogP contribution in [0.25, 0.3) is 0 Å². The van der Waals surface area contributed by atoms with Gasteiger partial charge in [0, 0.05) is 12.6 Å². The summed E-state index contributed by atoms with van der Waals surface area (Å²) in [6.45, 7) is 0.945. The van der Waals surface area contributed by atoms with Gasteiger partial charge >= 0.3 is 0 Å². The zero-order chi connectivity index (χ0) is 14.2. The normalized spacial score (nSPS) is 36.3. The number of carbonyl (C=O) groups is 1. The Balaban J connectivity index is 1.26. The molecule has 3 nitrogen and oxygen atoms in total. The molecule has 4 fully saturated rings. The first-order chi connectivity index (χ1) is 10.3. The number of rotatable bonds is 5. The maximum Gasteiger partial charge on any atom is 0.237 e. The van der Waals surface area contributed by atoms with Crippen LogP contribution in [0.3, 0.4) is 0 Å². The maximum absolute atomic E-state index is 12.5. The van der Waals surface area contributed by atoms with E-state index in [0.29, 0.717) is 6.04 Å². The molecule has 0 spiro atoms. The average molecular weight is 290 g/mol. The van der Waals surface area contributed by atoms with Gasteiger partial charge in [-0.05, 0) is 75.0 Å². The molecule has 0 aromatic carbocycles. The SMILES string of the molecule is O=C(NCC(C1CC1)C1CC1)C1CCC2CCCCC2N1. The van der Waals surface area contributed by atoms with Gasteiger partial charge in [-0.15, -0.1) is 0 Å². The second-order valence-corrected chi connectivity index (χ2v) is 8.03. The Hall–Kier alpha value is -0.570. The fourth-order valence-corrected chi connectivity index (χ4v) is 4.81. The number of piperidine rings is 1. The van der Waals surface area contributed by atoms with Gasteiger partial charge in [-0.3, -0.25) is 4.79 Å². The second-order valence-electron chi connectivity index (χ2n) is 8.03. The van der Waals surface area contributed by atoms with Crippen molar-refractivity contribution < 1.29 is 4.79 Å². The van der Waals surface area contributed by atoms with Crippen molar-refractivity contribution in [2.45, 2.75) is 76.3 Å². The third-order valence-electron chi connectivity index (χ3n) is 6.43. The van der Waals surface area contributed by atoms with Crippen molar-refractivity contribution in [1.82, 2.24) is 10.6 Å². The van der Waals surface area contributed by atoms with E-state index in [-0.39, 0.29) is 11.9 Å². The van der Waals surface area contributed by atoms with E-state index < -0.39 is 0 Å². The van der Waals surface area contributed by atoms with Crippen LogP contribution < -0.4 is 10.6 Å². The zero-order valence-electron chi connectivity index (χ0n) is 13.2. The van der Waals surface area contributed by atoms with Crippen LogP contribution in [-0.2, 0) is 4.79 Å². The highest BCUT2D eigenvalue weighted by Gasteiger charge is 2.42. The molecule has 3 aliphatic carbocycles. The van der Waals surface area contributed by atoms with Crippen LogP contribution in [0.1, 0.15) is 64.2 Å². The summed E-state index contributed by atoms with van der Waals surface area (Å²) in [6, 6.07) is 0.703. The molecule has 118 valence electrons. The van der Waals surface area contributed by atoms with Crippen LogP contribution in [-0.4, -0.2) is 24.5 Å². The Labute approximate surface area is 128 Å². The first kappa shape index (κ1) is 14.0. The lowest BCUT2D eigenvalue weighted by atomic mass is 9.77. The van der Waals surface area contributed by atoms with Crippen LogP contribution in [0.5, 0.6) is 0 Å². The first-order valence-electron chi connectivity index (χ1n) is 9.35. The summed E-state index contributed by atoms with van der Waals surface area (Å²) >= 11 is 0. The topological polar surface area (TPSA) is 41.1 Å². The molecule has 1 heterocycles. The summed E-state index contributed by atoms with van der Waals surface area (Å²) in [5.74, 6) is 3.78. The molecular weight excluding hydrogens is 260 g/mol. The van der Waals surface area contributed by atoms with Gasteiger partial charge in [0.25, 0.3) is 0 Å². The van der Waals surface area contributed by atoms with Crippen molar-refractivity contribution in [2.24, 2.45) is 23.7 Å². The quantitative estimate of drug-likeness (QED) is 0.817. The van der Waals surface area contributed by atoms with E-state index >= 15 is 0 Å². The number of hydrogen-bond acceptors (Lipinski definition) is 2. The third kappa shape index (κ3) is 3.28. The molecule has 3 unspecified atom stereocenters. The lowest BCUT2D eigenvalue weighted by molar-refractivity contribution is -0.124. The lowest BCUT2D eigenvalue weighted by Gasteiger charge is -2.40. The van der Waals surface area contributed by atoms with Gasteiger partial charge in [-0.1, -0.05) is 12.8 Å². The molecule has 1 saturated heterocycles. The van der Waals surface area contributed by atoms with Crippen LogP contribution in [0, 0.1) is 23.7 Å². The van der Waals surface area contributed by atoms with Crippen molar-refractivity contribution in [3.63, 3.8) is 0 Å². The van der Waals surface area contributed by atoms with Gasteiger partial charge in [0.05, 0.1) is 6.04 Å². The minimum Gasteiger partial charge on any atom is -0.354 e. The monoisotopic (exact) mass is 290 g/mol. The van der Waals surface area contributed by atoms with Gasteiger partial charge in [0.1, 0.15) is 0 Å². The van der Waals surface area contributed by atoms with Crippen molar-refractivity contribution >= 4 is 5.91 Å². The van der Waals surface area contributed by atoms with Gasteiger partial charge < -0.3 is 10.6 Å². The summed E-state index contributed by atoms with van der Waals surface area (Å²) in [7, 11) is 0. The lowest BCUT2D eigenvalue weighted by Crippen LogP contribution is -2.55. The van der Waals surface area contributed by atoms with Crippen molar-refractivity contribution in [3.8, 4) is 0 Å². The molecule has 4 aliphatic rings. The smallest absolute Gasteiger partial charge is 0.237 e. The highest BCUT2D eigenvalue weighted by Crippen LogP contribution is 2.48. The fourth-order valence-electron chi connectivity index (χ4n) is 4.81. The van der Waals surface area contributed by atoms with E-state index in [4.69, 9.17) is 0 Å². The number of hydrogen-bond donors (Lipinski definition) is 2. The van der Waals surface area contributed by atoms with E-state index in [0.717, 1.165) is 36.6 Å². The van der Waals surface area contributed by atoms with Crippen LogP contribution in [0.2, 0.25) is 0 Å². The Morgan fingerprint density at radius 1 is 0.952 bits per heavy atom. The Kier molecular flexibility index (Phi) is 3.95.